The van der Waals surface area contributed by atoms with Crippen molar-refractivity contribution >= 4 is 34.2 Å². The Balaban J connectivity index is 3.16. The van der Waals surface area contributed by atoms with Gasteiger partial charge >= 0.3 is 0 Å². The van der Waals surface area contributed by atoms with Crippen molar-refractivity contribution in [2.45, 2.75) is 0 Å². The standard InChI is InChI=1S/C8H8ClIO2/c1-11-7-4-6(10)8(12-2)3-5(7)9/h3-4H,1-2H3. The molecule has 0 saturated carbocycles. The first-order chi connectivity index (χ1) is 5.69. The largest absolute Gasteiger partial charge is 0.496 e. The molecule has 0 aromatic heterocycles. The van der Waals surface area contributed by atoms with E-state index >= 15 is 0 Å². The van der Waals surface area contributed by atoms with Gasteiger partial charge in [0.15, 0.2) is 0 Å². The second-order valence-corrected chi connectivity index (χ2v) is 3.69. The summed E-state index contributed by atoms with van der Waals surface area (Å²) in [7, 11) is 3.20. The van der Waals surface area contributed by atoms with Crippen LogP contribution in [0.1, 0.15) is 0 Å². The molecule has 0 fully saturated rings. The molecular formula is C8H8ClIO2. The van der Waals surface area contributed by atoms with E-state index < -0.39 is 0 Å². The number of benzene rings is 1. The summed E-state index contributed by atoms with van der Waals surface area (Å²) < 4.78 is 11.1. The first kappa shape index (κ1) is 9.92. The van der Waals surface area contributed by atoms with E-state index in [2.05, 4.69) is 22.6 Å². The molecule has 1 rings (SSSR count). The van der Waals surface area contributed by atoms with Crippen LogP contribution in [0.2, 0.25) is 5.02 Å². The monoisotopic (exact) mass is 298 g/mol. The molecule has 0 unspecified atom stereocenters. The Morgan fingerprint density at radius 3 is 2.25 bits per heavy atom. The Hall–Kier alpha value is -0.160. The summed E-state index contributed by atoms with van der Waals surface area (Å²) >= 11 is 8.03. The van der Waals surface area contributed by atoms with Gasteiger partial charge in [0, 0.05) is 6.07 Å². The molecule has 12 heavy (non-hydrogen) atoms. The van der Waals surface area contributed by atoms with Gasteiger partial charge in [0.05, 0.1) is 22.8 Å². The van der Waals surface area contributed by atoms with Crippen molar-refractivity contribution in [1.29, 1.82) is 0 Å². The molecule has 1 aromatic carbocycles. The zero-order valence-corrected chi connectivity index (χ0v) is 9.64. The van der Waals surface area contributed by atoms with Crippen molar-refractivity contribution in [3.05, 3.63) is 20.7 Å². The van der Waals surface area contributed by atoms with Crippen LogP contribution < -0.4 is 9.47 Å². The van der Waals surface area contributed by atoms with Gasteiger partial charge in [-0.1, -0.05) is 11.6 Å². The van der Waals surface area contributed by atoms with Gasteiger partial charge in [0.2, 0.25) is 0 Å². The summed E-state index contributed by atoms with van der Waals surface area (Å²) in [6.45, 7) is 0. The predicted molar refractivity (Wildman–Crippen MR) is 57.3 cm³/mol. The van der Waals surface area contributed by atoms with Crippen molar-refractivity contribution in [1.82, 2.24) is 0 Å². The molecule has 0 spiro atoms. The van der Waals surface area contributed by atoms with Crippen LogP contribution in [0.15, 0.2) is 12.1 Å². The minimum absolute atomic E-state index is 0.565. The summed E-state index contributed by atoms with van der Waals surface area (Å²) in [5.74, 6) is 1.43. The Bertz CT molecular complexity index is 259. The number of hydrogen-bond donors (Lipinski definition) is 0. The molecule has 4 heteroatoms. The van der Waals surface area contributed by atoms with Crippen LogP contribution >= 0.6 is 34.2 Å². The lowest BCUT2D eigenvalue weighted by Crippen LogP contribution is -1.90. The van der Waals surface area contributed by atoms with E-state index in [-0.39, 0.29) is 0 Å². The molecular weight excluding hydrogens is 290 g/mol. The zero-order valence-electron chi connectivity index (χ0n) is 6.73. The maximum Gasteiger partial charge on any atom is 0.138 e. The van der Waals surface area contributed by atoms with Crippen LogP contribution in [0.4, 0.5) is 0 Å². The number of ether oxygens (including phenoxy) is 2. The normalized spacial score (nSPS) is 9.67. The van der Waals surface area contributed by atoms with Crippen LogP contribution in [-0.2, 0) is 0 Å². The molecule has 0 amide bonds. The first-order valence-electron chi connectivity index (χ1n) is 3.26. The van der Waals surface area contributed by atoms with E-state index in [1.807, 2.05) is 6.07 Å². The molecule has 0 aliphatic rings. The number of methoxy groups -OCH3 is 2. The van der Waals surface area contributed by atoms with E-state index in [1.165, 1.54) is 0 Å². The van der Waals surface area contributed by atoms with Gasteiger partial charge < -0.3 is 9.47 Å². The SMILES string of the molecule is COc1cc(I)c(OC)cc1Cl. The van der Waals surface area contributed by atoms with Gasteiger partial charge in [-0.2, -0.15) is 0 Å². The predicted octanol–water partition coefficient (Wildman–Crippen LogP) is 2.96. The van der Waals surface area contributed by atoms with Gasteiger partial charge in [-0.15, -0.1) is 0 Å². The van der Waals surface area contributed by atoms with E-state index in [0.29, 0.717) is 10.8 Å². The summed E-state index contributed by atoms with van der Waals surface area (Å²) in [4.78, 5) is 0. The summed E-state index contributed by atoms with van der Waals surface area (Å²) in [5, 5.41) is 0.565. The first-order valence-corrected chi connectivity index (χ1v) is 4.71. The van der Waals surface area contributed by atoms with Crippen LogP contribution in [0.5, 0.6) is 11.5 Å². The molecule has 0 bridgehead atoms. The van der Waals surface area contributed by atoms with Gasteiger partial charge in [0.25, 0.3) is 0 Å². The van der Waals surface area contributed by atoms with Crippen molar-refractivity contribution in [2.75, 3.05) is 14.2 Å². The second kappa shape index (κ2) is 4.18. The summed E-state index contributed by atoms with van der Waals surface area (Å²) in [5.41, 5.74) is 0. The number of hydrogen-bond acceptors (Lipinski definition) is 2. The average molecular weight is 299 g/mol. The summed E-state index contributed by atoms with van der Waals surface area (Å²) in [6, 6.07) is 3.57. The molecule has 2 nitrogen and oxygen atoms in total. The lowest BCUT2D eigenvalue weighted by atomic mass is 10.3. The zero-order chi connectivity index (χ0) is 9.14. The maximum atomic E-state index is 5.87. The fourth-order valence-corrected chi connectivity index (χ4v) is 1.71. The molecule has 0 aliphatic carbocycles. The van der Waals surface area contributed by atoms with E-state index in [9.17, 15) is 0 Å². The van der Waals surface area contributed by atoms with E-state index in [4.69, 9.17) is 21.1 Å². The highest BCUT2D eigenvalue weighted by Gasteiger charge is 2.06. The Morgan fingerprint density at radius 1 is 1.17 bits per heavy atom. The summed E-state index contributed by atoms with van der Waals surface area (Å²) in [6.07, 6.45) is 0. The molecule has 0 radical (unpaired) electrons. The van der Waals surface area contributed by atoms with Gasteiger partial charge in [0.1, 0.15) is 11.5 Å². The van der Waals surface area contributed by atoms with Crippen LogP contribution in [0, 0.1) is 3.57 Å². The van der Waals surface area contributed by atoms with Crippen molar-refractivity contribution in [2.24, 2.45) is 0 Å². The lowest BCUT2D eigenvalue weighted by Gasteiger charge is -2.07. The Kier molecular flexibility index (Phi) is 3.46. The highest BCUT2D eigenvalue weighted by atomic mass is 127. The molecule has 1 aromatic rings. The Labute approximate surface area is 90.0 Å². The molecule has 0 aliphatic heterocycles. The highest BCUT2D eigenvalue weighted by molar-refractivity contribution is 14.1. The van der Waals surface area contributed by atoms with Gasteiger partial charge in [-0.05, 0) is 28.7 Å². The van der Waals surface area contributed by atoms with Crippen LogP contribution in [0.25, 0.3) is 0 Å². The molecule has 0 heterocycles. The van der Waals surface area contributed by atoms with E-state index in [1.54, 1.807) is 20.3 Å². The molecule has 0 saturated heterocycles. The topological polar surface area (TPSA) is 18.5 Å². The molecule has 0 atom stereocenters. The third-order valence-corrected chi connectivity index (χ3v) is 2.56. The van der Waals surface area contributed by atoms with Gasteiger partial charge in [-0.25, -0.2) is 0 Å². The minimum Gasteiger partial charge on any atom is -0.496 e. The third kappa shape index (κ3) is 1.95. The third-order valence-electron chi connectivity index (χ3n) is 1.43. The van der Waals surface area contributed by atoms with Crippen LogP contribution in [-0.4, -0.2) is 14.2 Å². The fourth-order valence-electron chi connectivity index (χ4n) is 0.823. The van der Waals surface area contributed by atoms with Crippen molar-refractivity contribution < 1.29 is 9.47 Å². The lowest BCUT2D eigenvalue weighted by molar-refractivity contribution is 0.401. The average Bonchev–Trinajstić information content (AvgIpc) is 2.08. The van der Waals surface area contributed by atoms with Gasteiger partial charge in [-0.3, -0.25) is 0 Å². The maximum absolute atomic E-state index is 5.87. The van der Waals surface area contributed by atoms with Crippen molar-refractivity contribution in [3.63, 3.8) is 0 Å². The van der Waals surface area contributed by atoms with Crippen LogP contribution in [0.3, 0.4) is 0 Å². The molecule has 0 N–H and O–H groups in total. The van der Waals surface area contributed by atoms with Crippen molar-refractivity contribution in [3.8, 4) is 11.5 Å². The second-order valence-electron chi connectivity index (χ2n) is 2.12. The number of rotatable bonds is 2. The quantitative estimate of drug-likeness (QED) is 0.782. The smallest absolute Gasteiger partial charge is 0.138 e. The highest BCUT2D eigenvalue weighted by Crippen LogP contribution is 2.32. The Morgan fingerprint density at radius 2 is 1.75 bits per heavy atom. The van der Waals surface area contributed by atoms with E-state index in [0.717, 1.165) is 9.32 Å². The number of halogens is 2. The fraction of sp³-hybridized carbons (Fsp3) is 0.250. The molecule has 66 valence electrons. The minimum atomic E-state index is 0.565.